The summed E-state index contributed by atoms with van der Waals surface area (Å²) in [7, 11) is -3.36. The minimum Gasteiger partial charge on any atom is -0.335 e. The van der Waals surface area contributed by atoms with Crippen molar-refractivity contribution >= 4 is 16.1 Å². The van der Waals surface area contributed by atoms with Gasteiger partial charge in [-0.05, 0) is 6.42 Å². The average Bonchev–Trinajstić information content (AvgIpc) is 2.52. The number of hydrogen-bond donors (Lipinski definition) is 1. The van der Waals surface area contributed by atoms with E-state index in [4.69, 9.17) is 0 Å². The monoisotopic (exact) mass is 220 g/mol. The van der Waals surface area contributed by atoms with Crippen LogP contribution in [0.25, 0.3) is 0 Å². The number of nitrogens with one attached hydrogen (secondary N) is 1. The molecule has 0 aromatic rings. The molecule has 1 heterocycles. The Balaban J connectivity index is 2.52. The summed E-state index contributed by atoms with van der Waals surface area (Å²) in [5, 5.41) is 2.47. The molecule has 0 saturated carbocycles. The van der Waals surface area contributed by atoms with Crippen LogP contribution in [-0.2, 0) is 10.0 Å². The number of carbonyl (C=O) groups is 1. The molecule has 0 atom stereocenters. The molecule has 82 valence electrons. The summed E-state index contributed by atoms with van der Waals surface area (Å²) in [5.41, 5.74) is 0. The van der Waals surface area contributed by atoms with Crippen LogP contribution < -0.4 is 5.32 Å². The molecule has 1 fully saturated rings. The van der Waals surface area contributed by atoms with E-state index >= 15 is 0 Å². The molecule has 0 radical (unpaired) electrons. The molecule has 0 aromatic carbocycles. The molecule has 0 unspecified atom stereocenters. The molecule has 0 aromatic heterocycles. The molecule has 0 spiro atoms. The van der Waals surface area contributed by atoms with Gasteiger partial charge in [-0.2, -0.15) is 0 Å². The number of rotatable bonds is 5. The third-order valence-electron chi connectivity index (χ3n) is 2.16. The van der Waals surface area contributed by atoms with E-state index in [1.165, 1.54) is 0 Å². The number of carbonyl (C=O) groups excluding carboxylic acids is 1. The van der Waals surface area contributed by atoms with E-state index in [1.807, 2.05) is 6.92 Å². The lowest BCUT2D eigenvalue weighted by molar-refractivity contribution is 0.236. The summed E-state index contributed by atoms with van der Waals surface area (Å²) in [5.74, 6) is 0.0776. The van der Waals surface area contributed by atoms with Crippen molar-refractivity contribution in [2.75, 3.05) is 18.8 Å². The molecule has 1 rings (SSSR count). The van der Waals surface area contributed by atoms with Gasteiger partial charge >= 0.3 is 6.03 Å². The van der Waals surface area contributed by atoms with Crippen molar-refractivity contribution in [3.05, 3.63) is 0 Å². The van der Waals surface area contributed by atoms with Gasteiger partial charge in [0.05, 0.1) is 12.3 Å². The summed E-state index contributed by atoms with van der Waals surface area (Å²) in [6.45, 7) is 2.70. The van der Waals surface area contributed by atoms with Gasteiger partial charge in [0, 0.05) is 6.54 Å². The van der Waals surface area contributed by atoms with Crippen molar-refractivity contribution in [1.82, 2.24) is 9.62 Å². The second kappa shape index (κ2) is 4.63. The van der Waals surface area contributed by atoms with Gasteiger partial charge in [0.2, 0.25) is 10.0 Å². The van der Waals surface area contributed by atoms with Gasteiger partial charge in [0.1, 0.15) is 0 Å². The van der Waals surface area contributed by atoms with E-state index in [0.717, 1.165) is 17.1 Å². The van der Waals surface area contributed by atoms with Crippen molar-refractivity contribution in [3.8, 4) is 0 Å². The Morgan fingerprint density at radius 1 is 1.43 bits per heavy atom. The van der Waals surface area contributed by atoms with E-state index in [2.05, 4.69) is 5.32 Å². The van der Waals surface area contributed by atoms with E-state index in [9.17, 15) is 13.2 Å². The highest BCUT2D eigenvalue weighted by atomic mass is 32.2. The SMILES string of the molecule is CCCCCS(=O)(=O)N1CCNC1=O. The number of sulfonamides is 1. The molecular formula is C8H16N2O3S. The predicted octanol–water partition coefficient (Wildman–Crippen LogP) is 0.532. The van der Waals surface area contributed by atoms with Crippen LogP contribution >= 0.6 is 0 Å². The van der Waals surface area contributed by atoms with Crippen LogP contribution in [0.4, 0.5) is 4.79 Å². The fraction of sp³-hybridized carbons (Fsp3) is 0.875. The zero-order valence-corrected chi connectivity index (χ0v) is 9.14. The zero-order chi connectivity index (χ0) is 10.6. The number of amides is 2. The number of hydrogen-bond acceptors (Lipinski definition) is 3. The Hall–Kier alpha value is -0.780. The molecule has 5 nitrogen and oxygen atoms in total. The minimum absolute atomic E-state index is 0.0776. The molecule has 1 aliphatic heterocycles. The maximum Gasteiger partial charge on any atom is 0.331 e. The van der Waals surface area contributed by atoms with Gasteiger partial charge in [0.25, 0.3) is 0 Å². The first-order valence-corrected chi connectivity index (χ1v) is 6.47. The van der Waals surface area contributed by atoms with Crippen LogP contribution in [0, 0.1) is 0 Å². The normalized spacial score (nSPS) is 17.2. The van der Waals surface area contributed by atoms with Gasteiger partial charge < -0.3 is 5.32 Å². The Kier molecular flexibility index (Phi) is 3.74. The molecule has 0 aliphatic carbocycles. The summed E-state index contributed by atoms with van der Waals surface area (Å²) in [4.78, 5) is 11.1. The van der Waals surface area contributed by atoms with Crippen LogP contribution in [0.5, 0.6) is 0 Å². The fourth-order valence-corrected chi connectivity index (χ4v) is 2.84. The lowest BCUT2D eigenvalue weighted by Gasteiger charge is -2.14. The van der Waals surface area contributed by atoms with Crippen molar-refractivity contribution in [2.45, 2.75) is 26.2 Å². The van der Waals surface area contributed by atoms with Gasteiger partial charge in [-0.3, -0.25) is 0 Å². The van der Waals surface area contributed by atoms with Crippen LogP contribution in [0.2, 0.25) is 0 Å². The summed E-state index contributed by atoms with van der Waals surface area (Å²) in [6.07, 6.45) is 2.49. The van der Waals surface area contributed by atoms with E-state index < -0.39 is 16.1 Å². The molecule has 2 amide bonds. The van der Waals surface area contributed by atoms with Crippen LogP contribution in [0.15, 0.2) is 0 Å². The summed E-state index contributed by atoms with van der Waals surface area (Å²) in [6, 6.07) is -0.485. The highest BCUT2D eigenvalue weighted by molar-refractivity contribution is 7.89. The Labute approximate surface area is 84.5 Å². The molecule has 1 aliphatic rings. The van der Waals surface area contributed by atoms with Crippen LogP contribution in [0.3, 0.4) is 0 Å². The van der Waals surface area contributed by atoms with Crippen molar-refractivity contribution in [2.24, 2.45) is 0 Å². The maximum absolute atomic E-state index is 11.6. The van der Waals surface area contributed by atoms with Crippen LogP contribution in [0.1, 0.15) is 26.2 Å². The third-order valence-corrected chi connectivity index (χ3v) is 3.98. The van der Waals surface area contributed by atoms with Gasteiger partial charge in [-0.1, -0.05) is 19.8 Å². The Morgan fingerprint density at radius 2 is 2.14 bits per heavy atom. The van der Waals surface area contributed by atoms with Gasteiger partial charge in [-0.15, -0.1) is 0 Å². The predicted molar refractivity (Wildman–Crippen MR) is 53.4 cm³/mol. The second-order valence-electron chi connectivity index (χ2n) is 3.33. The second-order valence-corrected chi connectivity index (χ2v) is 5.34. The van der Waals surface area contributed by atoms with Crippen LogP contribution in [-0.4, -0.2) is 37.6 Å². The topological polar surface area (TPSA) is 66.5 Å². The third kappa shape index (κ3) is 2.60. The zero-order valence-electron chi connectivity index (χ0n) is 8.32. The largest absolute Gasteiger partial charge is 0.335 e. The summed E-state index contributed by atoms with van der Waals surface area (Å²) >= 11 is 0. The van der Waals surface area contributed by atoms with Crippen molar-refractivity contribution in [1.29, 1.82) is 0 Å². The molecule has 14 heavy (non-hydrogen) atoms. The first-order chi connectivity index (χ1) is 6.58. The highest BCUT2D eigenvalue weighted by Gasteiger charge is 2.30. The lowest BCUT2D eigenvalue weighted by Crippen LogP contribution is -2.35. The van der Waals surface area contributed by atoms with Gasteiger partial charge in [0.15, 0.2) is 0 Å². The minimum atomic E-state index is -3.36. The van der Waals surface area contributed by atoms with E-state index in [1.54, 1.807) is 0 Å². The number of nitrogens with zero attached hydrogens (tertiary/aromatic N) is 1. The van der Waals surface area contributed by atoms with E-state index in [0.29, 0.717) is 13.0 Å². The molecule has 0 bridgehead atoms. The standard InChI is InChI=1S/C8H16N2O3S/c1-2-3-4-7-14(12,13)10-6-5-9-8(10)11/h2-7H2,1H3,(H,9,11). The van der Waals surface area contributed by atoms with Gasteiger partial charge in [-0.25, -0.2) is 17.5 Å². The average molecular weight is 220 g/mol. The maximum atomic E-state index is 11.6. The molecule has 6 heteroatoms. The molecule has 1 saturated heterocycles. The van der Waals surface area contributed by atoms with Crippen molar-refractivity contribution in [3.63, 3.8) is 0 Å². The smallest absolute Gasteiger partial charge is 0.331 e. The Bertz CT molecular complexity index is 300. The lowest BCUT2D eigenvalue weighted by atomic mass is 10.3. The molecule has 1 N–H and O–H groups in total. The number of urea groups is 1. The molecular weight excluding hydrogens is 204 g/mol. The first-order valence-electron chi connectivity index (χ1n) is 4.86. The number of unbranched alkanes of at least 4 members (excludes halogenated alkanes) is 2. The summed E-state index contributed by atoms with van der Waals surface area (Å²) < 4.78 is 24.1. The highest BCUT2D eigenvalue weighted by Crippen LogP contribution is 2.09. The quantitative estimate of drug-likeness (QED) is 0.687. The van der Waals surface area contributed by atoms with E-state index in [-0.39, 0.29) is 12.3 Å². The van der Waals surface area contributed by atoms with Crippen molar-refractivity contribution < 1.29 is 13.2 Å². The fourth-order valence-electron chi connectivity index (χ4n) is 1.36. The first kappa shape index (κ1) is 11.3. The Morgan fingerprint density at radius 3 is 2.64 bits per heavy atom.